The Morgan fingerprint density at radius 1 is 1.33 bits per heavy atom. The van der Waals surface area contributed by atoms with Crippen molar-refractivity contribution in [3.8, 4) is 0 Å². The summed E-state index contributed by atoms with van der Waals surface area (Å²) in [5.74, 6) is 0. The topological polar surface area (TPSA) is 0 Å². The van der Waals surface area contributed by atoms with Crippen LogP contribution in [0.15, 0.2) is 24.3 Å². The van der Waals surface area contributed by atoms with Gasteiger partial charge in [-0.1, -0.05) is 30.6 Å². The molecule has 68 valence electrons. The molecule has 1 aliphatic carbocycles. The molecule has 1 saturated carbocycles. The lowest BCUT2D eigenvalue weighted by Crippen LogP contribution is -2.10. The molecule has 0 bridgehead atoms. The van der Waals surface area contributed by atoms with Crippen molar-refractivity contribution in [1.29, 1.82) is 0 Å². The highest BCUT2D eigenvalue weighted by Gasteiger charge is 2.28. The van der Waals surface area contributed by atoms with Gasteiger partial charge in [-0.2, -0.15) is 0 Å². The molecule has 0 N–H and O–H groups in total. The molecular weight excluding hydrogens is 144 g/mol. The molecule has 0 aromatic rings. The minimum absolute atomic E-state index is 0.456. The molecular formula is C12H20. The minimum Gasteiger partial charge on any atom is -0.103 e. The van der Waals surface area contributed by atoms with E-state index in [1.165, 1.54) is 37.7 Å². The van der Waals surface area contributed by atoms with Crippen LogP contribution in [-0.4, -0.2) is 0 Å². The van der Waals surface area contributed by atoms with Gasteiger partial charge in [0.1, 0.15) is 0 Å². The molecule has 0 aromatic heterocycles. The fraction of sp³-hybridized carbons (Fsp3) is 0.667. The molecule has 1 rings (SSSR count). The van der Waals surface area contributed by atoms with E-state index >= 15 is 0 Å². The maximum Gasteiger partial charge on any atom is -0.00863 e. The van der Waals surface area contributed by atoms with Crippen molar-refractivity contribution in [2.45, 2.75) is 46.0 Å². The summed E-state index contributed by atoms with van der Waals surface area (Å²) >= 11 is 0. The summed E-state index contributed by atoms with van der Waals surface area (Å²) in [5, 5.41) is 0. The zero-order valence-electron chi connectivity index (χ0n) is 8.40. The van der Waals surface area contributed by atoms with Gasteiger partial charge in [0, 0.05) is 0 Å². The molecule has 0 heteroatoms. The van der Waals surface area contributed by atoms with Crippen molar-refractivity contribution in [3.63, 3.8) is 0 Å². The molecule has 1 aliphatic rings. The molecule has 0 heterocycles. The lowest BCUT2D eigenvalue weighted by molar-refractivity contribution is 0.402. The first-order valence-electron chi connectivity index (χ1n) is 4.95. The highest BCUT2D eigenvalue weighted by atomic mass is 14.3. The number of hydrogen-bond acceptors (Lipinski definition) is 0. The predicted octanol–water partition coefficient (Wildman–Crippen LogP) is 4.09. The van der Waals surface area contributed by atoms with Gasteiger partial charge in [-0.15, -0.1) is 6.58 Å². The Morgan fingerprint density at radius 2 is 1.92 bits per heavy atom. The standard InChI is InChI=1S/C12H20/c1-4-12(8-5-6-9-12)10-7-11(2)3/h4,7H,1,5-6,8-10H2,2-3H3. The Morgan fingerprint density at radius 3 is 2.33 bits per heavy atom. The summed E-state index contributed by atoms with van der Waals surface area (Å²) in [6, 6.07) is 0. The van der Waals surface area contributed by atoms with E-state index < -0.39 is 0 Å². The van der Waals surface area contributed by atoms with Crippen LogP contribution in [-0.2, 0) is 0 Å². The van der Waals surface area contributed by atoms with Gasteiger partial charge in [0.25, 0.3) is 0 Å². The van der Waals surface area contributed by atoms with Crippen LogP contribution in [0.25, 0.3) is 0 Å². The Labute approximate surface area is 76.4 Å². The smallest absolute Gasteiger partial charge is 0.00863 e. The van der Waals surface area contributed by atoms with Crippen LogP contribution in [0.5, 0.6) is 0 Å². The molecule has 0 nitrogen and oxygen atoms in total. The Kier molecular flexibility index (Phi) is 3.13. The van der Waals surface area contributed by atoms with Crippen LogP contribution in [0.4, 0.5) is 0 Å². The first-order chi connectivity index (χ1) is 5.68. The third-order valence-corrected chi connectivity index (χ3v) is 2.95. The van der Waals surface area contributed by atoms with Gasteiger partial charge in [-0.3, -0.25) is 0 Å². The maximum absolute atomic E-state index is 3.96. The van der Waals surface area contributed by atoms with Gasteiger partial charge >= 0.3 is 0 Å². The quantitative estimate of drug-likeness (QED) is 0.551. The van der Waals surface area contributed by atoms with E-state index in [1.54, 1.807) is 0 Å². The maximum atomic E-state index is 3.96. The highest BCUT2D eigenvalue weighted by molar-refractivity contribution is 5.05. The lowest BCUT2D eigenvalue weighted by Gasteiger charge is -2.22. The largest absolute Gasteiger partial charge is 0.103 e. The van der Waals surface area contributed by atoms with Crippen molar-refractivity contribution in [3.05, 3.63) is 24.3 Å². The van der Waals surface area contributed by atoms with Crippen molar-refractivity contribution in [2.24, 2.45) is 5.41 Å². The van der Waals surface area contributed by atoms with E-state index in [9.17, 15) is 0 Å². The van der Waals surface area contributed by atoms with Crippen LogP contribution >= 0.6 is 0 Å². The van der Waals surface area contributed by atoms with Gasteiger partial charge in [0.2, 0.25) is 0 Å². The first kappa shape index (κ1) is 9.57. The third kappa shape index (κ3) is 2.23. The van der Waals surface area contributed by atoms with E-state index in [0.717, 1.165) is 0 Å². The summed E-state index contributed by atoms with van der Waals surface area (Å²) in [6.45, 7) is 8.31. The van der Waals surface area contributed by atoms with E-state index in [2.05, 4.69) is 32.6 Å². The minimum atomic E-state index is 0.456. The fourth-order valence-corrected chi connectivity index (χ4v) is 1.98. The molecule has 1 fully saturated rings. The second-order valence-electron chi connectivity index (χ2n) is 4.26. The molecule has 0 radical (unpaired) electrons. The lowest BCUT2D eigenvalue weighted by atomic mass is 9.82. The average molecular weight is 164 g/mol. The first-order valence-corrected chi connectivity index (χ1v) is 4.95. The summed E-state index contributed by atoms with van der Waals surface area (Å²) in [6.07, 6.45) is 11.2. The second kappa shape index (κ2) is 3.93. The molecule has 0 unspecified atom stereocenters. The van der Waals surface area contributed by atoms with Crippen molar-refractivity contribution >= 4 is 0 Å². The number of allylic oxidation sites excluding steroid dienone is 3. The van der Waals surface area contributed by atoms with Gasteiger partial charge in [-0.05, 0) is 38.5 Å². The Hall–Kier alpha value is -0.520. The van der Waals surface area contributed by atoms with Crippen LogP contribution in [0, 0.1) is 5.41 Å². The third-order valence-electron chi connectivity index (χ3n) is 2.95. The van der Waals surface area contributed by atoms with Crippen molar-refractivity contribution in [1.82, 2.24) is 0 Å². The summed E-state index contributed by atoms with van der Waals surface area (Å²) < 4.78 is 0. The Balaban J connectivity index is 2.55. The SMILES string of the molecule is C=CC1(CC=C(C)C)CCCC1. The van der Waals surface area contributed by atoms with Crippen molar-refractivity contribution < 1.29 is 0 Å². The monoisotopic (exact) mass is 164 g/mol. The summed E-state index contributed by atoms with van der Waals surface area (Å²) in [7, 11) is 0. The van der Waals surface area contributed by atoms with E-state index in [1.807, 2.05) is 0 Å². The molecule has 0 aromatic carbocycles. The van der Waals surface area contributed by atoms with Gasteiger partial charge < -0.3 is 0 Å². The molecule has 12 heavy (non-hydrogen) atoms. The molecule has 0 spiro atoms. The zero-order valence-corrected chi connectivity index (χ0v) is 8.40. The zero-order chi connectivity index (χ0) is 9.03. The normalized spacial score (nSPS) is 20.5. The fourth-order valence-electron chi connectivity index (χ4n) is 1.98. The van der Waals surface area contributed by atoms with Gasteiger partial charge in [0.05, 0.1) is 0 Å². The summed E-state index contributed by atoms with van der Waals surface area (Å²) in [5.41, 5.74) is 1.89. The average Bonchev–Trinajstić information content (AvgIpc) is 2.50. The van der Waals surface area contributed by atoms with Gasteiger partial charge in [0.15, 0.2) is 0 Å². The Bertz CT molecular complexity index is 176. The molecule has 0 atom stereocenters. The number of rotatable bonds is 3. The van der Waals surface area contributed by atoms with Crippen LogP contribution in [0.3, 0.4) is 0 Å². The van der Waals surface area contributed by atoms with E-state index in [0.29, 0.717) is 5.41 Å². The number of hydrogen-bond donors (Lipinski definition) is 0. The molecule has 0 aliphatic heterocycles. The second-order valence-corrected chi connectivity index (χ2v) is 4.26. The van der Waals surface area contributed by atoms with Crippen molar-refractivity contribution in [2.75, 3.05) is 0 Å². The van der Waals surface area contributed by atoms with Crippen LogP contribution < -0.4 is 0 Å². The molecule has 0 amide bonds. The van der Waals surface area contributed by atoms with E-state index in [-0.39, 0.29) is 0 Å². The van der Waals surface area contributed by atoms with Gasteiger partial charge in [-0.25, -0.2) is 0 Å². The molecule has 0 saturated heterocycles. The van der Waals surface area contributed by atoms with Crippen LogP contribution in [0.1, 0.15) is 46.0 Å². The van der Waals surface area contributed by atoms with E-state index in [4.69, 9.17) is 0 Å². The predicted molar refractivity (Wildman–Crippen MR) is 55.1 cm³/mol. The van der Waals surface area contributed by atoms with Crippen LogP contribution in [0.2, 0.25) is 0 Å². The summed E-state index contributed by atoms with van der Waals surface area (Å²) in [4.78, 5) is 0. The highest BCUT2D eigenvalue weighted by Crippen LogP contribution is 2.42.